The number of aromatic nitrogens is 2. The summed E-state index contributed by atoms with van der Waals surface area (Å²) in [5.41, 5.74) is 3.26. The van der Waals surface area contributed by atoms with Gasteiger partial charge in [-0.3, -0.25) is 4.90 Å². The fourth-order valence-electron chi connectivity index (χ4n) is 3.28. The van der Waals surface area contributed by atoms with Gasteiger partial charge in [-0.1, -0.05) is 24.3 Å². The Bertz CT molecular complexity index is 779. The number of hydrogen-bond donors (Lipinski definition) is 1. The molecule has 0 amide bonds. The molecule has 1 fully saturated rings. The maximum Gasteiger partial charge on any atom is 0.203 e. The van der Waals surface area contributed by atoms with Crippen LogP contribution in [0.2, 0.25) is 0 Å². The zero-order valence-corrected chi connectivity index (χ0v) is 13.6. The third kappa shape index (κ3) is 3.26. The van der Waals surface area contributed by atoms with Crippen molar-refractivity contribution in [1.29, 1.82) is 0 Å². The van der Waals surface area contributed by atoms with E-state index in [0.717, 1.165) is 61.7 Å². The molecule has 1 N–H and O–H groups in total. The zero-order chi connectivity index (χ0) is 16.4. The van der Waals surface area contributed by atoms with Gasteiger partial charge < -0.3 is 9.88 Å². The lowest BCUT2D eigenvalue weighted by atomic mass is 10.2. The van der Waals surface area contributed by atoms with Crippen LogP contribution in [0.5, 0.6) is 0 Å². The van der Waals surface area contributed by atoms with Crippen molar-refractivity contribution in [3.63, 3.8) is 0 Å². The van der Waals surface area contributed by atoms with Crippen LogP contribution in [0.1, 0.15) is 12.0 Å². The maximum absolute atomic E-state index is 13.0. The van der Waals surface area contributed by atoms with Crippen molar-refractivity contribution in [1.82, 2.24) is 14.9 Å². The van der Waals surface area contributed by atoms with E-state index >= 15 is 0 Å². The Hall–Kier alpha value is -2.40. The average molecular weight is 324 g/mol. The highest BCUT2D eigenvalue weighted by atomic mass is 19.1. The lowest BCUT2D eigenvalue weighted by molar-refractivity contribution is 0.285. The summed E-state index contributed by atoms with van der Waals surface area (Å²) >= 11 is 0. The second kappa shape index (κ2) is 6.61. The molecule has 0 spiro atoms. The van der Waals surface area contributed by atoms with Crippen LogP contribution < -0.4 is 4.90 Å². The molecule has 2 heterocycles. The van der Waals surface area contributed by atoms with Crippen LogP contribution in [0.15, 0.2) is 48.5 Å². The SMILES string of the molecule is Fc1ccc(CN2CCCN(c3nc4ccccc4[nH]3)CC2)cc1. The number of benzene rings is 2. The number of hydrogen-bond acceptors (Lipinski definition) is 3. The summed E-state index contributed by atoms with van der Waals surface area (Å²) in [4.78, 5) is 12.9. The predicted octanol–water partition coefficient (Wildman–Crippen LogP) is 3.41. The summed E-state index contributed by atoms with van der Waals surface area (Å²) in [7, 11) is 0. The lowest BCUT2D eigenvalue weighted by Crippen LogP contribution is -2.31. The molecule has 3 aromatic rings. The molecule has 124 valence electrons. The van der Waals surface area contributed by atoms with E-state index in [-0.39, 0.29) is 5.82 Å². The van der Waals surface area contributed by atoms with Gasteiger partial charge in [-0.15, -0.1) is 0 Å². The molecule has 4 nitrogen and oxygen atoms in total. The van der Waals surface area contributed by atoms with Gasteiger partial charge in [0, 0.05) is 32.7 Å². The average Bonchev–Trinajstić information content (AvgIpc) is 2.90. The Morgan fingerprint density at radius 2 is 1.79 bits per heavy atom. The Balaban J connectivity index is 1.43. The Morgan fingerprint density at radius 3 is 2.62 bits per heavy atom. The van der Waals surface area contributed by atoms with Crippen LogP contribution in [-0.4, -0.2) is 41.0 Å². The number of fused-ring (bicyclic) bond motifs is 1. The van der Waals surface area contributed by atoms with Crippen molar-refractivity contribution in [2.24, 2.45) is 0 Å². The van der Waals surface area contributed by atoms with E-state index in [1.165, 1.54) is 12.1 Å². The van der Waals surface area contributed by atoms with Gasteiger partial charge in [0.05, 0.1) is 11.0 Å². The van der Waals surface area contributed by atoms with Crippen molar-refractivity contribution >= 4 is 17.0 Å². The number of nitrogens with zero attached hydrogens (tertiary/aromatic N) is 3. The first kappa shape index (κ1) is 15.1. The van der Waals surface area contributed by atoms with Crippen molar-refractivity contribution in [3.8, 4) is 0 Å². The van der Waals surface area contributed by atoms with Gasteiger partial charge in [0.2, 0.25) is 5.95 Å². The van der Waals surface area contributed by atoms with E-state index in [0.29, 0.717) is 0 Å². The predicted molar refractivity (Wildman–Crippen MR) is 94.6 cm³/mol. The van der Waals surface area contributed by atoms with Crippen LogP contribution in [0, 0.1) is 5.82 Å². The summed E-state index contributed by atoms with van der Waals surface area (Å²) < 4.78 is 13.0. The van der Waals surface area contributed by atoms with Crippen LogP contribution in [0.25, 0.3) is 11.0 Å². The fourth-order valence-corrected chi connectivity index (χ4v) is 3.28. The van der Waals surface area contributed by atoms with E-state index in [1.807, 2.05) is 30.3 Å². The van der Waals surface area contributed by atoms with E-state index in [2.05, 4.69) is 20.9 Å². The van der Waals surface area contributed by atoms with Gasteiger partial charge in [0.25, 0.3) is 0 Å². The number of nitrogens with one attached hydrogen (secondary N) is 1. The highest BCUT2D eigenvalue weighted by Crippen LogP contribution is 2.19. The quantitative estimate of drug-likeness (QED) is 0.802. The molecule has 24 heavy (non-hydrogen) atoms. The molecule has 5 heteroatoms. The number of imidazole rings is 1. The van der Waals surface area contributed by atoms with Crippen molar-refractivity contribution in [3.05, 3.63) is 59.9 Å². The molecule has 1 saturated heterocycles. The van der Waals surface area contributed by atoms with Gasteiger partial charge in [-0.05, 0) is 36.2 Å². The van der Waals surface area contributed by atoms with Crippen molar-refractivity contribution in [2.75, 3.05) is 31.1 Å². The molecule has 2 aromatic carbocycles. The molecule has 0 saturated carbocycles. The molecular formula is C19H21FN4. The summed E-state index contributed by atoms with van der Waals surface area (Å²) in [5.74, 6) is 0.783. The highest BCUT2D eigenvalue weighted by molar-refractivity contribution is 5.77. The molecule has 4 rings (SSSR count). The van der Waals surface area contributed by atoms with Crippen LogP contribution >= 0.6 is 0 Å². The topological polar surface area (TPSA) is 35.2 Å². The van der Waals surface area contributed by atoms with Crippen molar-refractivity contribution < 1.29 is 4.39 Å². The number of halogens is 1. The van der Waals surface area contributed by atoms with Gasteiger partial charge in [0.1, 0.15) is 5.82 Å². The third-order valence-electron chi connectivity index (χ3n) is 4.58. The lowest BCUT2D eigenvalue weighted by Gasteiger charge is -2.21. The first-order chi connectivity index (χ1) is 11.8. The molecule has 1 aromatic heterocycles. The number of anilines is 1. The molecule has 0 bridgehead atoms. The van der Waals surface area contributed by atoms with Gasteiger partial charge in [0.15, 0.2) is 0 Å². The Morgan fingerprint density at radius 1 is 0.958 bits per heavy atom. The Labute approximate surface area is 140 Å². The molecule has 0 atom stereocenters. The third-order valence-corrected chi connectivity index (χ3v) is 4.58. The number of aromatic amines is 1. The second-order valence-corrected chi connectivity index (χ2v) is 6.32. The van der Waals surface area contributed by atoms with Crippen LogP contribution in [-0.2, 0) is 6.54 Å². The van der Waals surface area contributed by atoms with E-state index in [1.54, 1.807) is 0 Å². The Kier molecular flexibility index (Phi) is 4.17. The minimum atomic E-state index is -0.175. The summed E-state index contributed by atoms with van der Waals surface area (Å²) in [6, 6.07) is 15.0. The standard InChI is InChI=1S/C19H21FN4/c20-16-8-6-15(7-9-16)14-23-10-3-11-24(13-12-23)19-21-17-4-1-2-5-18(17)22-19/h1-2,4-9H,3,10-14H2,(H,21,22). The summed E-state index contributed by atoms with van der Waals surface area (Å²) in [5, 5.41) is 0. The second-order valence-electron chi connectivity index (χ2n) is 6.32. The van der Waals surface area contributed by atoms with Gasteiger partial charge in [-0.2, -0.15) is 0 Å². The van der Waals surface area contributed by atoms with Crippen LogP contribution in [0.4, 0.5) is 10.3 Å². The summed E-state index contributed by atoms with van der Waals surface area (Å²) in [6.07, 6.45) is 1.10. The maximum atomic E-state index is 13.0. The number of H-pyrrole nitrogens is 1. The van der Waals surface area contributed by atoms with E-state index < -0.39 is 0 Å². The molecule has 0 unspecified atom stereocenters. The van der Waals surface area contributed by atoms with Crippen LogP contribution in [0.3, 0.4) is 0 Å². The monoisotopic (exact) mass is 324 g/mol. The van der Waals surface area contributed by atoms with Gasteiger partial charge in [-0.25, -0.2) is 9.37 Å². The zero-order valence-electron chi connectivity index (χ0n) is 13.6. The normalized spacial score (nSPS) is 16.5. The molecule has 1 aliphatic rings. The molecule has 1 aliphatic heterocycles. The smallest absolute Gasteiger partial charge is 0.203 e. The van der Waals surface area contributed by atoms with Crippen molar-refractivity contribution in [2.45, 2.75) is 13.0 Å². The molecule has 0 aliphatic carbocycles. The molecule has 0 radical (unpaired) electrons. The number of rotatable bonds is 3. The fraction of sp³-hybridized carbons (Fsp3) is 0.316. The van der Waals surface area contributed by atoms with E-state index in [4.69, 9.17) is 4.98 Å². The minimum Gasteiger partial charge on any atom is -0.341 e. The minimum absolute atomic E-state index is 0.175. The first-order valence-corrected chi connectivity index (χ1v) is 8.44. The first-order valence-electron chi connectivity index (χ1n) is 8.44. The largest absolute Gasteiger partial charge is 0.341 e. The highest BCUT2D eigenvalue weighted by Gasteiger charge is 2.17. The van der Waals surface area contributed by atoms with Gasteiger partial charge >= 0.3 is 0 Å². The number of para-hydroxylation sites is 2. The summed E-state index contributed by atoms with van der Waals surface area (Å²) in [6.45, 7) is 4.84. The molecular weight excluding hydrogens is 303 g/mol. The van der Waals surface area contributed by atoms with E-state index in [9.17, 15) is 4.39 Å².